The smallest absolute Gasteiger partial charge is 0.259 e. The van der Waals surface area contributed by atoms with Crippen LogP contribution in [0, 0.1) is 13.8 Å². The molecule has 0 aliphatic carbocycles. The summed E-state index contributed by atoms with van der Waals surface area (Å²) >= 11 is 0. The number of morpholine rings is 1. The van der Waals surface area contributed by atoms with Crippen molar-refractivity contribution in [2.45, 2.75) is 13.8 Å². The van der Waals surface area contributed by atoms with E-state index in [1.807, 2.05) is 12.1 Å². The molecule has 0 atom stereocenters. The number of aryl methyl sites for hydroxylation is 2. The number of nitrogens with one attached hydrogen (secondary N) is 2. The molecule has 1 saturated heterocycles. The van der Waals surface area contributed by atoms with Gasteiger partial charge in [-0.15, -0.1) is 0 Å². The van der Waals surface area contributed by atoms with Gasteiger partial charge in [0.05, 0.1) is 24.5 Å². The second-order valence-electron chi connectivity index (χ2n) is 7.41. The van der Waals surface area contributed by atoms with Gasteiger partial charge in [-0.3, -0.25) is 20.0 Å². The minimum absolute atomic E-state index is 0.176. The Morgan fingerprint density at radius 1 is 1.06 bits per heavy atom. The van der Waals surface area contributed by atoms with E-state index in [9.17, 15) is 4.79 Å². The second kappa shape index (κ2) is 10.2. The van der Waals surface area contributed by atoms with E-state index in [-0.39, 0.29) is 11.9 Å². The van der Waals surface area contributed by atoms with Crippen molar-refractivity contribution in [3.05, 3.63) is 53.6 Å². The van der Waals surface area contributed by atoms with Crippen LogP contribution in [0.1, 0.15) is 21.9 Å². The van der Waals surface area contributed by atoms with Crippen LogP contribution in [0.3, 0.4) is 0 Å². The summed E-state index contributed by atoms with van der Waals surface area (Å²) in [6.45, 7) is 8.71. The van der Waals surface area contributed by atoms with Crippen molar-refractivity contribution < 1.29 is 9.53 Å². The summed E-state index contributed by atoms with van der Waals surface area (Å²) in [6.07, 6.45) is 1.66. The summed E-state index contributed by atoms with van der Waals surface area (Å²) in [6, 6.07) is 9.03. The van der Waals surface area contributed by atoms with Crippen molar-refractivity contribution in [2.75, 3.05) is 50.0 Å². The van der Waals surface area contributed by atoms with Gasteiger partial charge in [-0.1, -0.05) is 6.07 Å². The van der Waals surface area contributed by atoms with Crippen LogP contribution in [-0.4, -0.2) is 75.1 Å². The highest BCUT2D eigenvalue weighted by molar-refractivity contribution is 6.04. The van der Waals surface area contributed by atoms with Crippen LogP contribution in [-0.2, 0) is 4.74 Å². The molecule has 1 fully saturated rings. The Morgan fingerprint density at radius 2 is 1.91 bits per heavy atom. The summed E-state index contributed by atoms with van der Waals surface area (Å²) in [5.74, 6) is 1.48. The quantitative estimate of drug-likeness (QED) is 0.575. The van der Waals surface area contributed by atoms with E-state index in [1.54, 1.807) is 38.2 Å². The molecule has 0 spiro atoms. The number of rotatable bonds is 7. The number of pyridine rings is 2. The number of carbonyl (C=O) groups is 1. The number of nitrogens with zero attached hydrogens (tertiary/aromatic N) is 6. The molecule has 3 aromatic rings. The van der Waals surface area contributed by atoms with Gasteiger partial charge in [0.1, 0.15) is 17.3 Å². The van der Waals surface area contributed by atoms with E-state index >= 15 is 0 Å². The molecule has 10 nitrogen and oxygen atoms in total. The highest BCUT2D eigenvalue weighted by Crippen LogP contribution is 2.15. The van der Waals surface area contributed by atoms with Crippen LogP contribution in [0.25, 0.3) is 11.5 Å². The van der Waals surface area contributed by atoms with Gasteiger partial charge in [-0.05, 0) is 38.1 Å². The lowest BCUT2D eigenvalue weighted by Crippen LogP contribution is -2.39. The Labute approximate surface area is 186 Å². The average molecular weight is 435 g/mol. The lowest BCUT2D eigenvalue weighted by Gasteiger charge is -2.26. The molecule has 0 unspecified atom stereocenters. The van der Waals surface area contributed by atoms with E-state index in [2.05, 4.69) is 40.5 Å². The standard InChI is InChI=1S/C22H26N8O2/c1-15-17(6-7-19(25-15)24-9-10-30-11-13-32-14-12-30)21(31)29-22-27-16(2)26-20(28-22)18-5-3-4-8-23-18/h3-8H,9-14H2,1-2H3,(H,24,25)(H,26,27,28,29,31). The zero-order chi connectivity index (χ0) is 22.3. The molecule has 1 aliphatic heterocycles. The first-order valence-corrected chi connectivity index (χ1v) is 10.6. The molecule has 1 amide bonds. The third-order valence-electron chi connectivity index (χ3n) is 5.03. The molecule has 32 heavy (non-hydrogen) atoms. The van der Waals surface area contributed by atoms with Gasteiger partial charge in [0.15, 0.2) is 5.82 Å². The van der Waals surface area contributed by atoms with E-state index < -0.39 is 0 Å². The third kappa shape index (κ3) is 5.59. The van der Waals surface area contributed by atoms with Gasteiger partial charge < -0.3 is 10.1 Å². The maximum absolute atomic E-state index is 12.8. The lowest BCUT2D eigenvalue weighted by atomic mass is 10.2. The van der Waals surface area contributed by atoms with Crippen LogP contribution >= 0.6 is 0 Å². The molecule has 3 aromatic heterocycles. The monoisotopic (exact) mass is 434 g/mol. The molecule has 2 N–H and O–H groups in total. The van der Waals surface area contributed by atoms with Crippen molar-refractivity contribution >= 4 is 17.7 Å². The molecule has 166 valence electrons. The molecule has 10 heteroatoms. The normalized spacial score (nSPS) is 14.2. The van der Waals surface area contributed by atoms with Crippen molar-refractivity contribution in [3.63, 3.8) is 0 Å². The number of hydrogen-bond donors (Lipinski definition) is 2. The fourth-order valence-corrected chi connectivity index (χ4v) is 3.38. The topological polar surface area (TPSA) is 118 Å². The number of hydrogen-bond acceptors (Lipinski definition) is 9. The number of amides is 1. The number of ether oxygens (including phenoxy) is 1. The SMILES string of the molecule is Cc1nc(NC(=O)c2ccc(NCCN3CCOCC3)nc2C)nc(-c2ccccn2)n1. The molecular weight excluding hydrogens is 408 g/mol. The summed E-state index contributed by atoms with van der Waals surface area (Å²) < 4.78 is 5.37. The van der Waals surface area contributed by atoms with Gasteiger partial charge in [0.2, 0.25) is 5.95 Å². The Morgan fingerprint density at radius 3 is 2.66 bits per heavy atom. The van der Waals surface area contributed by atoms with E-state index in [0.717, 1.165) is 45.2 Å². The minimum Gasteiger partial charge on any atom is -0.379 e. The Bertz CT molecular complexity index is 1070. The summed E-state index contributed by atoms with van der Waals surface area (Å²) in [4.78, 5) is 36.8. The molecule has 0 saturated carbocycles. The molecule has 0 bridgehead atoms. The molecule has 0 aromatic carbocycles. The highest BCUT2D eigenvalue weighted by Gasteiger charge is 2.15. The first-order chi connectivity index (χ1) is 15.6. The zero-order valence-electron chi connectivity index (χ0n) is 18.2. The Hall–Kier alpha value is -3.50. The minimum atomic E-state index is -0.326. The largest absolute Gasteiger partial charge is 0.379 e. The van der Waals surface area contributed by atoms with Crippen molar-refractivity contribution in [1.29, 1.82) is 0 Å². The van der Waals surface area contributed by atoms with Crippen molar-refractivity contribution in [1.82, 2.24) is 29.8 Å². The summed E-state index contributed by atoms with van der Waals surface area (Å²) in [5.41, 5.74) is 1.69. The molecule has 0 radical (unpaired) electrons. The van der Waals surface area contributed by atoms with Gasteiger partial charge in [-0.25, -0.2) is 9.97 Å². The van der Waals surface area contributed by atoms with E-state index in [0.29, 0.717) is 28.6 Å². The van der Waals surface area contributed by atoms with Gasteiger partial charge >= 0.3 is 0 Å². The molecule has 4 rings (SSSR count). The zero-order valence-corrected chi connectivity index (χ0v) is 18.2. The maximum Gasteiger partial charge on any atom is 0.259 e. The second-order valence-corrected chi connectivity index (χ2v) is 7.41. The molecule has 4 heterocycles. The molecular formula is C22H26N8O2. The Kier molecular flexibility index (Phi) is 6.93. The highest BCUT2D eigenvalue weighted by atomic mass is 16.5. The van der Waals surface area contributed by atoms with Crippen LogP contribution in [0.5, 0.6) is 0 Å². The fraction of sp³-hybridized carbons (Fsp3) is 0.364. The van der Waals surface area contributed by atoms with Crippen molar-refractivity contribution in [3.8, 4) is 11.5 Å². The summed E-state index contributed by atoms with van der Waals surface area (Å²) in [5, 5.41) is 6.06. The first-order valence-electron chi connectivity index (χ1n) is 10.6. The van der Waals surface area contributed by atoms with E-state index in [4.69, 9.17) is 4.74 Å². The average Bonchev–Trinajstić information content (AvgIpc) is 2.80. The summed E-state index contributed by atoms with van der Waals surface area (Å²) in [7, 11) is 0. The number of anilines is 2. The first kappa shape index (κ1) is 21.7. The van der Waals surface area contributed by atoms with Gasteiger partial charge in [-0.2, -0.15) is 9.97 Å². The van der Waals surface area contributed by atoms with Crippen LogP contribution in [0.4, 0.5) is 11.8 Å². The van der Waals surface area contributed by atoms with Crippen molar-refractivity contribution in [2.24, 2.45) is 0 Å². The maximum atomic E-state index is 12.8. The molecule has 1 aliphatic rings. The number of carbonyl (C=O) groups excluding carboxylic acids is 1. The van der Waals surface area contributed by atoms with Crippen LogP contribution in [0.2, 0.25) is 0 Å². The van der Waals surface area contributed by atoms with E-state index in [1.165, 1.54) is 0 Å². The third-order valence-corrected chi connectivity index (χ3v) is 5.03. The Balaban J connectivity index is 1.39. The van der Waals surface area contributed by atoms with Crippen LogP contribution in [0.15, 0.2) is 36.5 Å². The van der Waals surface area contributed by atoms with Gasteiger partial charge in [0, 0.05) is 32.4 Å². The predicted octanol–water partition coefficient (Wildman–Crippen LogP) is 1.94. The van der Waals surface area contributed by atoms with Gasteiger partial charge in [0.25, 0.3) is 5.91 Å². The van der Waals surface area contributed by atoms with Crippen LogP contribution < -0.4 is 10.6 Å². The lowest BCUT2D eigenvalue weighted by molar-refractivity contribution is 0.0398. The fourth-order valence-electron chi connectivity index (χ4n) is 3.38. The predicted molar refractivity (Wildman–Crippen MR) is 120 cm³/mol. The number of aromatic nitrogens is 5.